The number of Topliss-reactive ketones (excluding diaryl/α,β-unsaturated/α-hetero) is 1. The van der Waals surface area contributed by atoms with Gasteiger partial charge >= 0.3 is 5.91 Å². The lowest BCUT2D eigenvalue weighted by Crippen LogP contribution is -2.29. The molecule has 146 valence electrons. The Bertz CT molecular complexity index is 1150. The molecule has 29 heavy (non-hydrogen) atoms. The third kappa shape index (κ3) is 3.25. The number of carbonyl (C=O) groups is 2. The predicted molar refractivity (Wildman–Crippen MR) is 106 cm³/mol. The van der Waals surface area contributed by atoms with E-state index in [0.29, 0.717) is 21.9 Å². The van der Waals surface area contributed by atoms with Crippen molar-refractivity contribution in [3.05, 3.63) is 82.1 Å². The average molecular weight is 411 g/mol. The number of phenolic OH excluding ortho intramolecular Hbond substituents is 1. The minimum absolute atomic E-state index is 0.0454. The summed E-state index contributed by atoms with van der Waals surface area (Å²) in [5, 5.41) is 25.1. The smallest absolute Gasteiger partial charge is 0.301 e. The largest absolute Gasteiger partial charge is 0.508 e. The van der Waals surface area contributed by atoms with Gasteiger partial charge in [0.2, 0.25) is 0 Å². The van der Waals surface area contributed by atoms with Crippen LogP contribution in [0.5, 0.6) is 5.75 Å². The summed E-state index contributed by atoms with van der Waals surface area (Å²) in [6, 6.07) is 12.9. The van der Waals surface area contributed by atoms with Gasteiger partial charge in [0.25, 0.3) is 5.78 Å². The molecule has 1 amide bonds. The zero-order chi connectivity index (χ0) is 20.7. The number of rotatable bonds is 3. The summed E-state index contributed by atoms with van der Waals surface area (Å²) in [5.74, 6) is -1.54. The molecule has 0 bridgehead atoms. The maximum absolute atomic E-state index is 12.9. The van der Waals surface area contributed by atoms with E-state index in [2.05, 4.69) is 5.16 Å². The van der Waals surface area contributed by atoms with Crippen LogP contribution in [0.3, 0.4) is 0 Å². The molecule has 1 fully saturated rings. The number of benzene rings is 2. The van der Waals surface area contributed by atoms with Gasteiger partial charge in [0.15, 0.2) is 5.82 Å². The molecule has 1 unspecified atom stereocenters. The topological polar surface area (TPSA) is 104 Å². The van der Waals surface area contributed by atoms with Crippen molar-refractivity contribution in [1.82, 2.24) is 5.16 Å². The van der Waals surface area contributed by atoms with Crippen molar-refractivity contribution in [2.24, 2.45) is 0 Å². The highest BCUT2D eigenvalue weighted by molar-refractivity contribution is 6.51. The van der Waals surface area contributed by atoms with Crippen LogP contribution in [0, 0.1) is 6.92 Å². The second-order valence-electron chi connectivity index (χ2n) is 6.57. The van der Waals surface area contributed by atoms with E-state index in [9.17, 15) is 19.8 Å². The fourth-order valence-electron chi connectivity index (χ4n) is 3.31. The quantitative estimate of drug-likeness (QED) is 0.384. The van der Waals surface area contributed by atoms with E-state index in [4.69, 9.17) is 16.1 Å². The van der Waals surface area contributed by atoms with E-state index in [-0.39, 0.29) is 22.9 Å². The van der Waals surface area contributed by atoms with Gasteiger partial charge in [-0.25, -0.2) is 0 Å². The Morgan fingerprint density at radius 1 is 1.14 bits per heavy atom. The SMILES string of the molecule is Cc1cc(N2C(=O)C(=O)/C(=C(/O)c3ccc(Cl)cc3)C2c2cccc(O)c2)no1. The first-order valence-electron chi connectivity index (χ1n) is 8.66. The van der Waals surface area contributed by atoms with E-state index in [0.717, 1.165) is 4.90 Å². The molecule has 3 aromatic rings. The van der Waals surface area contributed by atoms with Crippen LogP contribution in [0.25, 0.3) is 5.76 Å². The normalized spacial score (nSPS) is 18.4. The van der Waals surface area contributed by atoms with Gasteiger partial charge in [-0.2, -0.15) is 0 Å². The first-order valence-corrected chi connectivity index (χ1v) is 9.04. The lowest BCUT2D eigenvalue weighted by atomic mass is 9.95. The third-order valence-corrected chi connectivity index (χ3v) is 4.86. The first-order chi connectivity index (χ1) is 13.9. The van der Waals surface area contributed by atoms with Crippen LogP contribution in [-0.2, 0) is 9.59 Å². The van der Waals surface area contributed by atoms with Crippen molar-refractivity contribution in [2.75, 3.05) is 4.90 Å². The summed E-state index contributed by atoms with van der Waals surface area (Å²) in [6.07, 6.45) is 0. The number of ketones is 1. The molecule has 0 saturated carbocycles. The molecule has 4 rings (SSSR count). The van der Waals surface area contributed by atoms with Gasteiger partial charge in [0.1, 0.15) is 17.3 Å². The van der Waals surface area contributed by atoms with Gasteiger partial charge in [-0.3, -0.25) is 14.5 Å². The van der Waals surface area contributed by atoms with Gasteiger partial charge < -0.3 is 14.7 Å². The number of amides is 1. The van der Waals surface area contributed by atoms with Crippen LogP contribution >= 0.6 is 11.6 Å². The van der Waals surface area contributed by atoms with Crippen molar-refractivity contribution < 1.29 is 24.3 Å². The van der Waals surface area contributed by atoms with Crippen molar-refractivity contribution in [1.29, 1.82) is 0 Å². The summed E-state index contributed by atoms with van der Waals surface area (Å²) < 4.78 is 5.06. The molecule has 1 aromatic heterocycles. The van der Waals surface area contributed by atoms with E-state index >= 15 is 0 Å². The maximum Gasteiger partial charge on any atom is 0.301 e. The first kappa shape index (κ1) is 18.8. The monoisotopic (exact) mass is 410 g/mol. The van der Waals surface area contributed by atoms with Crippen LogP contribution in [0.1, 0.15) is 22.9 Å². The molecule has 1 saturated heterocycles. The second kappa shape index (κ2) is 7.10. The highest BCUT2D eigenvalue weighted by atomic mass is 35.5. The zero-order valence-electron chi connectivity index (χ0n) is 15.2. The standard InChI is InChI=1S/C21H15ClN2O5/c1-11-9-16(23-29-11)24-18(13-3-2-4-15(25)10-13)17(20(27)21(24)28)19(26)12-5-7-14(22)8-6-12/h2-10,18,25-26H,1H3/b19-17+. The van der Waals surface area contributed by atoms with Gasteiger partial charge in [-0.05, 0) is 48.9 Å². The number of aromatic nitrogens is 1. The highest BCUT2D eigenvalue weighted by Gasteiger charge is 2.48. The molecule has 1 aliphatic rings. The summed E-state index contributed by atoms with van der Waals surface area (Å²) >= 11 is 5.90. The molecule has 2 heterocycles. The summed E-state index contributed by atoms with van der Waals surface area (Å²) in [4.78, 5) is 26.9. The molecule has 2 aromatic carbocycles. The Kier molecular flexibility index (Phi) is 4.60. The molecule has 1 aliphatic heterocycles. The van der Waals surface area contributed by atoms with Crippen molar-refractivity contribution in [3.8, 4) is 5.75 Å². The molecule has 0 radical (unpaired) electrons. The second-order valence-corrected chi connectivity index (χ2v) is 7.00. The number of aromatic hydroxyl groups is 1. The fraction of sp³-hybridized carbons (Fsp3) is 0.0952. The maximum atomic E-state index is 12.9. The number of aliphatic hydroxyl groups is 1. The molecule has 1 atom stereocenters. The van der Waals surface area contributed by atoms with Crippen molar-refractivity contribution >= 4 is 34.9 Å². The minimum atomic E-state index is -0.998. The molecule has 0 spiro atoms. The lowest BCUT2D eigenvalue weighted by Gasteiger charge is -2.22. The van der Waals surface area contributed by atoms with E-state index < -0.39 is 17.7 Å². The third-order valence-electron chi connectivity index (χ3n) is 4.61. The van der Waals surface area contributed by atoms with Crippen molar-refractivity contribution in [2.45, 2.75) is 13.0 Å². The molecule has 0 aliphatic carbocycles. The Morgan fingerprint density at radius 2 is 1.86 bits per heavy atom. The van der Waals surface area contributed by atoms with Crippen LogP contribution < -0.4 is 4.90 Å². The Balaban J connectivity index is 1.95. The van der Waals surface area contributed by atoms with E-state index in [1.165, 1.54) is 18.2 Å². The number of nitrogens with zero attached hydrogens (tertiary/aromatic N) is 2. The lowest BCUT2D eigenvalue weighted by molar-refractivity contribution is -0.132. The number of carbonyl (C=O) groups excluding carboxylic acids is 2. The van der Waals surface area contributed by atoms with Gasteiger partial charge in [-0.1, -0.05) is 28.9 Å². The summed E-state index contributed by atoms with van der Waals surface area (Å²) in [6.45, 7) is 1.66. The number of hydrogen-bond donors (Lipinski definition) is 2. The molecular formula is C21H15ClN2O5. The Morgan fingerprint density at radius 3 is 2.48 bits per heavy atom. The molecule has 2 N–H and O–H groups in total. The minimum Gasteiger partial charge on any atom is -0.508 e. The van der Waals surface area contributed by atoms with Crippen molar-refractivity contribution in [3.63, 3.8) is 0 Å². The number of aryl methyl sites for hydroxylation is 1. The number of phenols is 1. The van der Waals surface area contributed by atoms with E-state index in [1.54, 1.807) is 43.3 Å². The van der Waals surface area contributed by atoms with Crippen LogP contribution in [0.2, 0.25) is 5.02 Å². The van der Waals surface area contributed by atoms with Gasteiger partial charge in [0.05, 0.1) is 11.6 Å². The fourth-order valence-corrected chi connectivity index (χ4v) is 3.44. The zero-order valence-corrected chi connectivity index (χ0v) is 15.9. The van der Waals surface area contributed by atoms with E-state index in [1.807, 2.05) is 0 Å². The summed E-state index contributed by atoms with van der Waals surface area (Å²) in [5.41, 5.74) is 0.637. The van der Waals surface area contributed by atoms with Crippen LogP contribution in [-0.4, -0.2) is 27.1 Å². The molecular weight excluding hydrogens is 396 g/mol. The Labute approximate surface area is 170 Å². The van der Waals surface area contributed by atoms with Gasteiger partial charge in [0, 0.05) is 16.7 Å². The van der Waals surface area contributed by atoms with Crippen LogP contribution in [0.15, 0.2) is 64.7 Å². The number of hydrogen-bond acceptors (Lipinski definition) is 6. The number of aliphatic hydroxyl groups excluding tert-OH is 1. The highest BCUT2D eigenvalue weighted by Crippen LogP contribution is 2.42. The molecule has 7 nitrogen and oxygen atoms in total. The molecule has 8 heteroatoms. The van der Waals surface area contributed by atoms with Gasteiger partial charge in [-0.15, -0.1) is 0 Å². The average Bonchev–Trinajstić information content (AvgIpc) is 3.23. The number of halogens is 1. The predicted octanol–water partition coefficient (Wildman–Crippen LogP) is 3.97. The number of anilines is 1. The Hall–Kier alpha value is -3.58. The summed E-state index contributed by atoms with van der Waals surface area (Å²) in [7, 11) is 0. The van der Waals surface area contributed by atoms with Crippen LogP contribution in [0.4, 0.5) is 5.82 Å².